The zero-order chi connectivity index (χ0) is 17.9. The number of hydrogen-bond donors (Lipinski definition) is 2. The first kappa shape index (κ1) is 17.8. The van der Waals surface area contributed by atoms with E-state index in [0.29, 0.717) is 22.0 Å². The van der Waals surface area contributed by atoms with Crippen molar-refractivity contribution < 1.29 is 14.3 Å². The van der Waals surface area contributed by atoms with E-state index in [2.05, 4.69) is 5.32 Å². The first-order chi connectivity index (χ1) is 11.3. The molecule has 2 aromatic carbocycles. The molecule has 2 aromatic rings. The van der Waals surface area contributed by atoms with Crippen LogP contribution in [0.2, 0.25) is 5.02 Å². The third-order valence-corrected chi connectivity index (χ3v) is 4.37. The lowest BCUT2D eigenvalue weighted by Gasteiger charge is -2.15. The number of ether oxygens (including phenoxy) is 1. The molecule has 6 heteroatoms. The SMILES string of the molecule is COc1cc(C)c(Cl)c(C)c1CC(=O)Nc1ccc(C(N)=O)cc1. The monoisotopic (exact) mass is 346 g/mol. The second-order valence-corrected chi connectivity index (χ2v) is 5.86. The van der Waals surface area contributed by atoms with Gasteiger partial charge in [-0.1, -0.05) is 11.6 Å². The molecule has 0 atom stereocenters. The van der Waals surface area contributed by atoms with Gasteiger partial charge in [-0.2, -0.15) is 0 Å². The van der Waals surface area contributed by atoms with Crippen LogP contribution >= 0.6 is 11.6 Å². The third-order valence-electron chi connectivity index (χ3n) is 3.78. The minimum atomic E-state index is -0.512. The Bertz CT molecular complexity index is 786. The Hall–Kier alpha value is -2.53. The lowest BCUT2D eigenvalue weighted by Crippen LogP contribution is -2.16. The van der Waals surface area contributed by atoms with E-state index in [4.69, 9.17) is 22.1 Å². The summed E-state index contributed by atoms with van der Waals surface area (Å²) in [6.45, 7) is 3.75. The van der Waals surface area contributed by atoms with E-state index in [-0.39, 0.29) is 12.3 Å². The molecule has 0 saturated carbocycles. The summed E-state index contributed by atoms with van der Waals surface area (Å²) in [5.74, 6) is -0.0840. The van der Waals surface area contributed by atoms with E-state index >= 15 is 0 Å². The first-order valence-electron chi connectivity index (χ1n) is 7.35. The zero-order valence-electron chi connectivity index (χ0n) is 13.8. The second kappa shape index (κ2) is 7.36. The number of carbonyl (C=O) groups excluding carboxylic acids is 2. The van der Waals surface area contributed by atoms with Crippen molar-refractivity contribution in [3.8, 4) is 5.75 Å². The van der Waals surface area contributed by atoms with Gasteiger partial charge in [0.05, 0.1) is 13.5 Å². The predicted molar refractivity (Wildman–Crippen MR) is 94.8 cm³/mol. The molecule has 2 rings (SSSR count). The summed E-state index contributed by atoms with van der Waals surface area (Å²) in [6.07, 6.45) is 0.132. The molecule has 3 N–H and O–H groups in total. The van der Waals surface area contributed by atoms with E-state index in [1.54, 1.807) is 31.4 Å². The fourth-order valence-electron chi connectivity index (χ4n) is 2.45. The van der Waals surface area contributed by atoms with Crippen molar-refractivity contribution in [3.63, 3.8) is 0 Å². The molecule has 0 fully saturated rings. The number of carbonyl (C=O) groups is 2. The molecule has 2 amide bonds. The van der Waals surface area contributed by atoms with Crippen LogP contribution < -0.4 is 15.8 Å². The standard InChI is InChI=1S/C18H19ClN2O3/c1-10-8-15(24-3)14(11(2)17(10)19)9-16(22)21-13-6-4-12(5-7-13)18(20)23/h4-8H,9H2,1-3H3,(H2,20,23)(H,21,22). The fraction of sp³-hybridized carbons (Fsp3) is 0.222. The van der Waals surface area contributed by atoms with Gasteiger partial charge in [-0.25, -0.2) is 0 Å². The van der Waals surface area contributed by atoms with Crippen LogP contribution in [0.15, 0.2) is 30.3 Å². The highest BCUT2D eigenvalue weighted by Gasteiger charge is 2.16. The Labute approximate surface area is 145 Å². The summed E-state index contributed by atoms with van der Waals surface area (Å²) in [5.41, 5.74) is 8.63. The maximum atomic E-state index is 12.3. The number of aryl methyl sites for hydroxylation is 1. The van der Waals surface area contributed by atoms with Gasteiger partial charge in [0.15, 0.2) is 0 Å². The molecule has 0 radical (unpaired) electrons. The number of nitrogens with one attached hydrogen (secondary N) is 1. The number of methoxy groups -OCH3 is 1. The highest BCUT2D eigenvalue weighted by Crippen LogP contribution is 2.32. The fourth-order valence-corrected chi connectivity index (χ4v) is 2.61. The number of benzene rings is 2. The van der Waals surface area contributed by atoms with Crippen LogP contribution in [0.3, 0.4) is 0 Å². The number of anilines is 1. The van der Waals surface area contributed by atoms with Gasteiger partial charge >= 0.3 is 0 Å². The van der Waals surface area contributed by atoms with E-state index in [0.717, 1.165) is 16.7 Å². The Morgan fingerprint density at radius 3 is 2.38 bits per heavy atom. The molecule has 24 heavy (non-hydrogen) atoms. The molecule has 0 aromatic heterocycles. The molecule has 0 heterocycles. The first-order valence-corrected chi connectivity index (χ1v) is 7.73. The van der Waals surface area contributed by atoms with Crippen molar-refractivity contribution >= 4 is 29.1 Å². The Kier molecular flexibility index (Phi) is 5.46. The third kappa shape index (κ3) is 3.86. The topological polar surface area (TPSA) is 81.4 Å². The van der Waals surface area contributed by atoms with Crippen molar-refractivity contribution in [1.82, 2.24) is 0 Å². The van der Waals surface area contributed by atoms with Gasteiger partial charge in [-0.05, 0) is 55.3 Å². The number of primary amides is 1. The summed E-state index contributed by atoms with van der Waals surface area (Å²) in [6, 6.07) is 8.20. The minimum Gasteiger partial charge on any atom is -0.496 e. The van der Waals surface area contributed by atoms with Gasteiger partial charge in [0.1, 0.15) is 5.75 Å². The minimum absolute atomic E-state index is 0.132. The summed E-state index contributed by atoms with van der Waals surface area (Å²) in [5, 5.41) is 3.41. The molecule has 0 aliphatic heterocycles. The Morgan fingerprint density at radius 1 is 1.21 bits per heavy atom. The lowest BCUT2D eigenvalue weighted by atomic mass is 10.0. The van der Waals surface area contributed by atoms with Gasteiger partial charge in [0.25, 0.3) is 0 Å². The molecular weight excluding hydrogens is 328 g/mol. The maximum Gasteiger partial charge on any atom is 0.248 e. The van der Waals surface area contributed by atoms with Gasteiger partial charge in [0, 0.05) is 21.8 Å². The lowest BCUT2D eigenvalue weighted by molar-refractivity contribution is -0.115. The van der Waals surface area contributed by atoms with Crippen LogP contribution in [-0.4, -0.2) is 18.9 Å². The zero-order valence-corrected chi connectivity index (χ0v) is 14.5. The highest BCUT2D eigenvalue weighted by molar-refractivity contribution is 6.32. The summed E-state index contributed by atoms with van der Waals surface area (Å²) in [7, 11) is 1.56. The van der Waals surface area contributed by atoms with Gasteiger partial charge in [-0.15, -0.1) is 0 Å². The van der Waals surface area contributed by atoms with Gasteiger partial charge < -0.3 is 15.8 Å². The molecule has 126 valence electrons. The van der Waals surface area contributed by atoms with E-state index in [1.807, 2.05) is 19.9 Å². The predicted octanol–water partition coefficient (Wildman–Crippen LogP) is 3.25. The molecule has 0 spiro atoms. The quantitative estimate of drug-likeness (QED) is 0.871. The maximum absolute atomic E-state index is 12.3. The van der Waals surface area contributed by atoms with Crippen LogP contribution in [0, 0.1) is 13.8 Å². The Balaban J connectivity index is 2.18. The molecular formula is C18H19ClN2O3. The molecule has 5 nitrogen and oxygen atoms in total. The smallest absolute Gasteiger partial charge is 0.248 e. The molecule has 0 aliphatic rings. The summed E-state index contributed by atoms with van der Waals surface area (Å²) < 4.78 is 5.37. The summed E-state index contributed by atoms with van der Waals surface area (Å²) >= 11 is 6.27. The van der Waals surface area contributed by atoms with Gasteiger partial charge in [0.2, 0.25) is 11.8 Å². The average molecular weight is 347 g/mol. The van der Waals surface area contributed by atoms with Crippen LogP contribution in [0.4, 0.5) is 5.69 Å². The summed E-state index contributed by atoms with van der Waals surface area (Å²) in [4.78, 5) is 23.4. The van der Waals surface area contributed by atoms with E-state index in [1.165, 1.54) is 0 Å². The second-order valence-electron chi connectivity index (χ2n) is 5.48. The van der Waals surface area contributed by atoms with Gasteiger partial charge in [-0.3, -0.25) is 9.59 Å². The van der Waals surface area contributed by atoms with Crippen molar-refractivity contribution in [2.45, 2.75) is 20.3 Å². The van der Waals surface area contributed by atoms with Crippen molar-refractivity contribution in [2.24, 2.45) is 5.73 Å². The van der Waals surface area contributed by atoms with Crippen molar-refractivity contribution in [3.05, 3.63) is 57.6 Å². The molecule has 0 unspecified atom stereocenters. The van der Waals surface area contributed by atoms with Crippen molar-refractivity contribution in [2.75, 3.05) is 12.4 Å². The number of halogens is 1. The van der Waals surface area contributed by atoms with Crippen LogP contribution in [-0.2, 0) is 11.2 Å². The Morgan fingerprint density at radius 2 is 1.83 bits per heavy atom. The van der Waals surface area contributed by atoms with Crippen LogP contribution in [0.25, 0.3) is 0 Å². The van der Waals surface area contributed by atoms with Crippen LogP contribution in [0.5, 0.6) is 5.75 Å². The highest BCUT2D eigenvalue weighted by atomic mass is 35.5. The number of hydrogen-bond acceptors (Lipinski definition) is 3. The van der Waals surface area contributed by atoms with Crippen LogP contribution in [0.1, 0.15) is 27.0 Å². The molecule has 0 aliphatic carbocycles. The average Bonchev–Trinajstić information content (AvgIpc) is 2.55. The molecule has 0 bridgehead atoms. The number of nitrogens with two attached hydrogens (primary N) is 1. The van der Waals surface area contributed by atoms with Crippen molar-refractivity contribution in [1.29, 1.82) is 0 Å². The molecule has 0 saturated heterocycles. The van der Waals surface area contributed by atoms with E-state index < -0.39 is 5.91 Å². The largest absolute Gasteiger partial charge is 0.496 e. The number of amides is 2. The van der Waals surface area contributed by atoms with E-state index in [9.17, 15) is 9.59 Å². The normalized spacial score (nSPS) is 10.3. The number of rotatable bonds is 5.